The summed E-state index contributed by atoms with van der Waals surface area (Å²) in [6.45, 7) is 1.76. The normalized spacial score (nSPS) is 11.4. The van der Waals surface area contributed by atoms with Crippen molar-refractivity contribution in [1.82, 2.24) is 0 Å². The van der Waals surface area contributed by atoms with Crippen LogP contribution in [0.1, 0.15) is 34.1 Å². The van der Waals surface area contributed by atoms with Gasteiger partial charge in [0.15, 0.2) is 6.10 Å². The van der Waals surface area contributed by atoms with Crippen LogP contribution in [0.4, 0.5) is 5.69 Å². The van der Waals surface area contributed by atoms with Crippen LogP contribution in [0.25, 0.3) is 0 Å². The molecule has 0 saturated heterocycles. The molecular formula is C23H18ClNO6. The van der Waals surface area contributed by atoms with Crippen molar-refractivity contribution in [2.75, 3.05) is 0 Å². The number of nitro benzene ring substituents is 1. The molecule has 7 nitrogen and oxygen atoms in total. The molecule has 0 fully saturated rings. The fourth-order valence-corrected chi connectivity index (χ4v) is 3.04. The first kappa shape index (κ1) is 22.0. The molecule has 0 aromatic heterocycles. The first-order chi connectivity index (χ1) is 14.9. The lowest BCUT2D eigenvalue weighted by Gasteiger charge is -2.15. The summed E-state index contributed by atoms with van der Waals surface area (Å²) < 4.78 is 10.9. The number of halogens is 1. The van der Waals surface area contributed by atoms with Gasteiger partial charge in [-0.3, -0.25) is 14.9 Å². The van der Waals surface area contributed by atoms with Crippen LogP contribution >= 0.6 is 11.6 Å². The van der Waals surface area contributed by atoms with Gasteiger partial charge in [-0.05, 0) is 36.8 Å². The number of esters is 1. The van der Waals surface area contributed by atoms with Gasteiger partial charge in [-0.2, -0.15) is 0 Å². The molecule has 158 valence electrons. The number of para-hydroxylation sites is 1. The molecule has 0 aliphatic rings. The van der Waals surface area contributed by atoms with Crippen molar-refractivity contribution in [2.24, 2.45) is 0 Å². The number of ketones is 1. The maximum absolute atomic E-state index is 12.6. The Labute approximate surface area is 183 Å². The van der Waals surface area contributed by atoms with E-state index in [1.54, 1.807) is 37.3 Å². The largest absolute Gasteiger partial charge is 0.450 e. The maximum Gasteiger partial charge on any atom is 0.338 e. The monoisotopic (exact) mass is 439 g/mol. The van der Waals surface area contributed by atoms with Crippen molar-refractivity contribution in [3.8, 4) is 11.5 Å². The molecule has 0 spiro atoms. The van der Waals surface area contributed by atoms with Gasteiger partial charge in [0.1, 0.15) is 5.75 Å². The molecule has 0 unspecified atom stereocenters. The second-order valence-corrected chi connectivity index (χ2v) is 6.91. The Bertz CT molecular complexity index is 1100. The molecule has 0 heterocycles. The van der Waals surface area contributed by atoms with E-state index in [1.807, 2.05) is 0 Å². The number of carbonyl (C=O) groups is 2. The van der Waals surface area contributed by atoms with Crippen LogP contribution in [0.5, 0.6) is 11.5 Å². The van der Waals surface area contributed by atoms with E-state index >= 15 is 0 Å². The number of carbonyl (C=O) groups excluding carboxylic acids is 2. The summed E-state index contributed by atoms with van der Waals surface area (Å²) in [5.74, 6) is -0.780. The minimum Gasteiger partial charge on any atom is -0.450 e. The van der Waals surface area contributed by atoms with E-state index in [2.05, 4.69) is 0 Å². The number of nitrogens with zero attached hydrogens (tertiary/aromatic N) is 1. The molecule has 0 aliphatic heterocycles. The van der Waals surface area contributed by atoms with Crippen LogP contribution in [-0.2, 0) is 4.74 Å². The van der Waals surface area contributed by atoms with E-state index in [1.165, 1.54) is 42.5 Å². The zero-order valence-corrected chi connectivity index (χ0v) is 17.2. The van der Waals surface area contributed by atoms with Crippen molar-refractivity contribution >= 4 is 29.0 Å². The third-order valence-electron chi connectivity index (χ3n) is 4.42. The Hall–Kier alpha value is -3.71. The number of nitro groups is 1. The molecule has 0 saturated carbocycles. The van der Waals surface area contributed by atoms with Gasteiger partial charge >= 0.3 is 11.7 Å². The fourth-order valence-electron chi connectivity index (χ4n) is 2.83. The second-order valence-electron chi connectivity index (χ2n) is 6.50. The second kappa shape index (κ2) is 9.86. The number of rotatable bonds is 8. The Morgan fingerprint density at radius 2 is 1.65 bits per heavy atom. The zero-order valence-electron chi connectivity index (χ0n) is 16.5. The van der Waals surface area contributed by atoms with Crippen molar-refractivity contribution < 1.29 is 24.0 Å². The molecule has 3 aromatic carbocycles. The molecule has 0 aliphatic carbocycles. The molecule has 31 heavy (non-hydrogen) atoms. The molecule has 0 N–H and O–H groups in total. The van der Waals surface area contributed by atoms with Crippen LogP contribution in [0.3, 0.4) is 0 Å². The highest BCUT2D eigenvalue weighted by Crippen LogP contribution is 2.37. The van der Waals surface area contributed by atoms with Crippen LogP contribution in [0.2, 0.25) is 5.02 Å². The number of benzene rings is 3. The summed E-state index contributed by atoms with van der Waals surface area (Å²) >= 11 is 6.02. The average molecular weight is 440 g/mol. The smallest absolute Gasteiger partial charge is 0.338 e. The van der Waals surface area contributed by atoms with Gasteiger partial charge in [0.25, 0.3) is 0 Å². The summed E-state index contributed by atoms with van der Waals surface area (Å²) in [5.41, 5.74) is 0.397. The number of Topliss-reactive ketones (excluding diaryl/α,β-unsaturated/α-hetero) is 1. The fraction of sp³-hybridized carbons (Fsp3) is 0.130. The Morgan fingerprint density at radius 3 is 2.26 bits per heavy atom. The number of ether oxygens (including phenoxy) is 2. The van der Waals surface area contributed by atoms with Gasteiger partial charge in [-0.1, -0.05) is 54.9 Å². The zero-order chi connectivity index (χ0) is 22.4. The standard InChI is InChI=1S/C23H18ClNO6/c1-2-20(21(26)15-7-4-3-5-8-15)31-23(27)16-11-13-17(14-12-16)30-22-18(24)9-6-10-19(22)25(28)29/h3-14,20H,2H2,1H3/t20-/m0/s1. The van der Waals surface area contributed by atoms with E-state index in [4.69, 9.17) is 21.1 Å². The Kier molecular flexibility index (Phi) is 6.99. The molecular weight excluding hydrogens is 422 g/mol. The van der Waals surface area contributed by atoms with E-state index in [9.17, 15) is 19.7 Å². The van der Waals surface area contributed by atoms with E-state index in [0.717, 1.165) is 0 Å². The van der Waals surface area contributed by atoms with Crippen LogP contribution in [0, 0.1) is 10.1 Å². The minimum absolute atomic E-state index is 0.0860. The van der Waals surface area contributed by atoms with Gasteiger partial charge < -0.3 is 9.47 Å². The van der Waals surface area contributed by atoms with Crippen LogP contribution in [0.15, 0.2) is 72.8 Å². The van der Waals surface area contributed by atoms with Crippen molar-refractivity contribution in [2.45, 2.75) is 19.4 Å². The lowest BCUT2D eigenvalue weighted by atomic mass is 10.0. The summed E-state index contributed by atoms with van der Waals surface area (Å²) in [6.07, 6.45) is -0.576. The molecule has 3 rings (SSSR count). The highest BCUT2D eigenvalue weighted by molar-refractivity contribution is 6.32. The third-order valence-corrected chi connectivity index (χ3v) is 4.72. The number of hydrogen-bond donors (Lipinski definition) is 0. The predicted octanol–water partition coefficient (Wildman–Crippen LogP) is 5.86. The number of hydrogen-bond acceptors (Lipinski definition) is 6. The predicted molar refractivity (Wildman–Crippen MR) is 115 cm³/mol. The van der Waals surface area contributed by atoms with Gasteiger partial charge in [0.05, 0.1) is 15.5 Å². The quantitative estimate of drug-likeness (QED) is 0.189. The molecule has 0 amide bonds. The highest BCUT2D eigenvalue weighted by atomic mass is 35.5. The van der Waals surface area contributed by atoms with Crippen molar-refractivity contribution in [1.29, 1.82) is 0 Å². The Morgan fingerprint density at radius 1 is 0.968 bits per heavy atom. The van der Waals surface area contributed by atoms with Crippen molar-refractivity contribution in [3.05, 3.63) is 99.1 Å². The molecule has 8 heteroatoms. The lowest BCUT2D eigenvalue weighted by Crippen LogP contribution is -2.26. The van der Waals surface area contributed by atoms with Crippen LogP contribution < -0.4 is 4.74 Å². The van der Waals surface area contributed by atoms with E-state index < -0.39 is 17.0 Å². The Balaban J connectivity index is 1.72. The minimum atomic E-state index is -0.906. The van der Waals surface area contributed by atoms with E-state index in [-0.39, 0.29) is 33.6 Å². The molecule has 3 aromatic rings. The molecule has 1 atom stereocenters. The van der Waals surface area contributed by atoms with E-state index in [0.29, 0.717) is 12.0 Å². The molecule has 0 bridgehead atoms. The SMILES string of the molecule is CC[C@H](OC(=O)c1ccc(Oc2c(Cl)cccc2[N+](=O)[O-])cc1)C(=O)c1ccccc1. The summed E-state index contributed by atoms with van der Waals surface area (Å²) in [6, 6.07) is 18.6. The van der Waals surface area contributed by atoms with Crippen LogP contribution in [-0.4, -0.2) is 22.8 Å². The average Bonchev–Trinajstić information content (AvgIpc) is 2.79. The molecule has 0 radical (unpaired) electrons. The summed E-state index contributed by atoms with van der Waals surface area (Å²) in [4.78, 5) is 35.6. The summed E-state index contributed by atoms with van der Waals surface area (Å²) in [7, 11) is 0. The topological polar surface area (TPSA) is 95.7 Å². The maximum atomic E-state index is 12.6. The first-order valence-corrected chi connectivity index (χ1v) is 9.79. The lowest BCUT2D eigenvalue weighted by molar-refractivity contribution is -0.385. The highest BCUT2D eigenvalue weighted by Gasteiger charge is 2.23. The van der Waals surface area contributed by atoms with Gasteiger partial charge in [0.2, 0.25) is 11.5 Å². The third kappa shape index (κ3) is 5.26. The van der Waals surface area contributed by atoms with Gasteiger partial charge in [-0.15, -0.1) is 0 Å². The summed E-state index contributed by atoms with van der Waals surface area (Å²) in [5, 5.41) is 11.3. The van der Waals surface area contributed by atoms with Gasteiger partial charge in [0, 0.05) is 11.6 Å². The van der Waals surface area contributed by atoms with Gasteiger partial charge in [-0.25, -0.2) is 4.79 Å². The van der Waals surface area contributed by atoms with Crippen molar-refractivity contribution in [3.63, 3.8) is 0 Å². The first-order valence-electron chi connectivity index (χ1n) is 9.41.